The zero-order chi connectivity index (χ0) is 18.0. The van der Waals surface area contributed by atoms with Gasteiger partial charge in [0.1, 0.15) is 5.75 Å². The monoisotopic (exact) mass is 347 g/mol. The molecule has 2 heterocycles. The third kappa shape index (κ3) is 3.74. The molecule has 134 valence electrons. The van der Waals surface area contributed by atoms with Crippen LogP contribution in [0.4, 0.5) is 4.79 Å². The SMILES string of the molecule is O=C(O)N1CCC(O)(CCCn2cnc3ccc(O)cc3c2=O)CC1. The lowest BCUT2D eigenvalue weighted by molar-refractivity contribution is -0.0252. The fourth-order valence-corrected chi connectivity index (χ4v) is 3.25. The van der Waals surface area contributed by atoms with Crippen molar-refractivity contribution in [2.24, 2.45) is 0 Å². The van der Waals surface area contributed by atoms with Crippen LogP contribution >= 0.6 is 0 Å². The Bertz CT molecular complexity index is 840. The van der Waals surface area contributed by atoms with Crippen molar-refractivity contribution >= 4 is 17.0 Å². The summed E-state index contributed by atoms with van der Waals surface area (Å²) in [5.74, 6) is 0.0173. The predicted molar refractivity (Wildman–Crippen MR) is 90.7 cm³/mol. The highest BCUT2D eigenvalue weighted by molar-refractivity contribution is 5.78. The molecule has 0 radical (unpaired) electrons. The first-order chi connectivity index (χ1) is 11.9. The average molecular weight is 347 g/mol. The van der Waals surface area contributed by atoms with Crippen molar-refractivity contribution < 1.29 is 20.1 Å². The summed E-state index contributed by atoms with van der Waals surface area (Å²) in [6, 6.07) is 4.48. The lowest BCUT2D eigenvalue weighted by Crippen LogP contribution is -2.46. The summed E-state index contributed by atoms with van der Waals surface area (Å²) in [5, 5.41) is 29.4. The molecule has 1 aromatic carbocycles. The van der Waals surface area contributed by atoms with Crippen LogP contribution in [0.2, 0.25) is 0 Å². The van der Waals surface area contributed by atoms with E-state index in [-0.39, 0.29) is 11.3 Å². The summed E-state index contributed by atoms with van der Waals surface area (Å²) in [6.45, 7) is 1.05. The summed E-state index contributed by atoms with van der Waals surface area (Å²) in [5.41, 5.74) is -0.592. The number of hydrogen-bond acceptors (Lipinski definition) is 5. The molecule has 3 rings (SSSR count). The number of fused-ring (bicyclic) bond motifs is 1. The number of hydrogen-bond donors (Lipinski definition) is 3. The first-order valence-electron chi connectivity index (χ1n) is 8.26. The zero-order valence-corrected chi connectivity index (χ0v) is 13.8. The number of aromatic hydroxyl groups is 1. The van der Waals surface area contributed by atoms with Crippen LogP contribution in [0, 0.1) is 0 Å². The van der Waals surface area contributed by atoms with E-state index in [4.69, 9.17) is 5.11 Å². The minimum absolute atomic E-state index is 0.0173. The highest BCUT2D eigenvalue weighted by Crippen LogP contribution is 2.27. The molecule has 2 aromatic rings. The second-order valence-electron chi connectivity index (χ2n) is 6.54. The smallest absolute Gasteiger partial charge is 0.407 e. The van der Waals surface area contributed by atoms with Crippen LogP contribution < -0.4 is 5.56 Å². The van der Waals surface area contributed by atoms with E-state index in [1.54, 1.807) is 6.07 Å². The van der Waals surface area contributed by atoms with Crippen LogP contribution in [0.3, 0.4) is 0 Å². The molecule has 1 aliphatic heterocycles. The normalized spacial score (nSPS) is 16.9. The zero-order valence-electron chi connectivity index (χ0n) is 13.8. The highest BCUT2D eigenvalue weighted by atomic mass is 16.4. The molecule has 0 unspecified atom stereocenters. The molecular weight excluding hydrogens is 326 g/mol. The van der Waals surface area contributed by atoms with Gasteiger partial charge >= 0.3 is 6.09 Å². The summed E-state index contributed by atoms with van der Waals surface area (Å²) < 4.78 is 1.47. The van der Waals surface area contributed by atoms with Gasteiger partial charge in [-0.2, -0.15) is 0 Å². The Morgan fingerprint density at radius 2 is 2.00 bits per heavy atom. The van der Waals surface area contributed by atoms with E-state index in [2.05, 4.69) is 4.98 Å². The van der Waals surface area contributed by atoms with Gasteiger partial charge in [0, 0.05) is 19.6 Å². The predicted octanol–water partition coefficient (Wildman–Crippen LogP) is 1.39. The van der Waals surface area contributed by atoms with E-state index < -0.39 is 11.7 Å². The number of phenolic OH excluding ortho intramolecular Hbond substituents is 1. The minimum atomic E-state index is -0.959. The Hall–Kier alpha value is -2.61. The quantitative estimate of drug-likeness (QED) is 0.770. The van der Waals surface area contributed by atoms with Gasteiger partial charge in [0.15, 0.2) is 0 Å². The topological polar surface area (TPSA) is 116 Å². The van der Waals surface area contributed by atoms with Crippen molar-refractivity contribution in [1.82, 2.24) is 14.5 Å². The number of carbonyl (C=O) groups is 1. The molecule has 1 amide bonds. The minimum Gasteiger partial charge on any atom is -0.508 e. The van der Waals surface area contributed by atoms with E-state index in [0.717, 1.165) is 0 Å². The summed E-state index contributed by atoms with van der Waals surface area (Å²) >= 11 is 0. The molecule has 0 aliphatic carbocycles. The molecule has 1 aromatic heterocycles. The second-order valence-corrected chi connectivity index (χ2v) is 6.54. The number of aliphatic hydroxyl groups is 1. The van der Waals surface area contributed by atoms with E-state index in [0.29, 0.717) is 56.2 Å². The average Bonchev–Trinajstić information content (AvgIpc) is 2.58. The summed E-state index contributed by atoms with van der Waals surface area (Å²) in [6.07, 6.45) is 2.38. The lowest BCUT2D eigenvalue weighted by Gasteiger charge is -2.37. The fourth-order valence-electron chi connectivity index (χ4n) is 3.25. The van der Waals surface area contributed by atoms with E-state index in [1.165, 1.54) is 27.9 Å². The number of piperidine rings is 1. The van der Waals surface area contributed by atoms with E-state index in [9.17, 15) is 19.8 Å². The molecule has 0 saturated carbocycles. The Morgan fingerprint density at radius 1 is 1.28 bits per heavy atom. The Labute approximate surface area is 144 Å². The van der Waals surface area contributed by atoms with Crippen molar-refractivity contribution in [3.8, 4) is 5.75 Å². The molecule has 1 saturated heterocycles. The molecule has 8 nitrogen and oxygen atoms in total. The van der Waals surface area contributed by atoms with Crippen LogP contribution in [0.1, 0.15) is 25.7 Å². The van der Waals surface area contributed by atoms with Crippen molar-refractivity contribution in [2.75, 3.05) is 13.1 Å². The number of benzene rings is 1. The first kappa shape index (κ1) is 17.2. The number of rotatable bonds is 4. The van der Waals surface area contributed by atoms with Crippen molar-refractivity contribution in [3.05, 3.63) is 34.9 Å². The van der Waals surface area contributed by atoms with Gasteiger partial charge in [-0.05, 0) is 43.9 Å². The molecule has 0 atom stereocenters. The molecule has 1 aliphatic rings. The Balaban J connectivity index is 1.63. The van der Waals surface area contributed by atoms with Crippen LogP contribution in [0.25, 0.3) is 10.9 Å². The van der Waals surface area contributed by atoms with Gasteiger partial charge in [-0.3, -0.25) is 9.36 Å². The summed E-state index contributed by atoms with van der Waals surface area (Å²) in [7, 11) is 0. The molecule has 3 N–H and O–H groups in total. The van der Waals surface area contributed by atoms with Gasteiger partial charge in [-0.1, -0.05) is 0 Å². The van der Waals surface area contributed by atoms with Gasteiger partial charge in [0.25, 0.3) is 5.56 Å². The second kappa shape index (κ2) is 6.72. The maximum atomic E-state index is 12.4. The number of phenols is 1. The lowest BCUT2D eigenvalue weighted by atomic mass is 9.87. The maximum absolute atomic E-state index is 12.4. The standard InChI is InChI=1S/C17H21N3O5/c21-12-2-3-14-13(10-12)15(22)20(11-18-14)7-1-4-17(25)5-8-19(9-6-17)16(23)24/h2-3,10-11,21,25H,1,4-9H2,(H,23,24). The van der Waals surface area contributed by atoms with Crippen LogP contribution in [-0.2, 0) is 6.54 Å². The third-order valence-corrected chi connectivity index (χ3v) is 4.81. The van der Waals surface area contributed by atoms with Crippen LogP contribution in [-0.4, -0.2) is 54.6 Å². The molecular formula is C17H21N3O5. The first-order valence-corrected chi connectivity index (χ1v) is 8.26. The van der Waals surface area contributed by atoms with Crippen LogP contribution in [0.15, 0.2) is 29.3 Å². The molecule has 25 heavy (non-hydrogen) atoms. The van der Waals surface area contributed by atoms with Gasteiger partial charge in [-0.25, -0.2) is 9.78 Å². The van der Waals surface area contributed by atoms with Gasteiger partial charge in [0.2, 0.25) is 0 Å². The number of carboxylic acid groups (broad SMARTS) is 1. The number of aromatic nitrogens is 2. The van der Waals surface area contributed by atoms with Crippen molar-refractivity contribution in [2.45, 2.75) is 37.8 Å². The third-order valence-electron chi connectivity index (χ3n) is 4.81. The van der Waals surface area contributed by atoms with Crippen molar-refractivity contribution in [3.63, 3.8) is 0 Å². The fraction of sp³-hybridized carbons (Fsp3) is 0.471. The van der Waals surface area contributed by atoms with E-state index in [1.807, 2.05) is 0 Å². The number of likely N-dealkylation sites (tertiary alicyclic amines) is 1. The Kier molecular flexibility index (Phi) is 4.63. The highest BCUT2D eigenvalue weighted by Gasteiger charge is 2.33. The molecule has 8 heteroatoms. The number of amides is 1. The number of aryl methyl sites for hydroxylation is 1. The van der Waals surface area contributed by atoms with Gasteiger partial charge < -0.3 is 20.2 Å². The van der Waals surface area contributed by atoms with Crippen molar-refractivity contribution in [1.29, 1.82) is 0 Å². The van der Waals surface area contributed by atoms with E-state index >= 15 is 0 Å². The molecule has 0 bridgehead atoms. The van der Waals surface area contributed by atoms with Gasteiger partial charge in [-0.15, -0.1) is 0 Å². The molecule has 0 spiro atoms. The Morgan fingerprint density at radius 3 is 2.68 bits per heavy atom. The summed E-state index contributed by atoms with van der Waals surface area (Å²) in [4.78, 5) is 28.9. The molecule has 1 fully saturated rings. The van der Waals surface area contributed by atoms with Gasteiger partial charge in [0.05, 0.1) is 22.8 Å². The maximum Gasteiger partial charge on any atom is 0.407 e. The largest absolute Gasteiger partial charge is 0.508 e. The number of nitrogens with zero attached hydrogens (tertiary/aromatic N) is 3. The van der Waals surface area contributed by atoms with Crippen LogP contribution in [0.5, 0.6) is 5.75 Å².